The van der Waals surface area contributed by atoms with Gasteiger partial charge in [-0.05, 0) is 24.6 Å². The van der Waals surface area contributed by atoms with E-state index in [1.54, 1.807) is 24.5 Å². The van der Waals surface area contributed by atoms with E-state index in [1.807, 2.05) is 6.92 Å². The predicted molar refractivity (Wildman–Crippen MR) is 77.9 cm³/mol. The molecule has 1 rings (SSSR count). The van der Waals surface area contributed by atoms with Crippen molar-refractivity contribution >= 4 is 22.4 Å². The molecule has 0 saturated heterocycles. The highest BCUT2D eigenvalue weighted by atomic mass is 32.2. The first kappa shape index (κ1) is 15.5. The number of nitrogens with one attached hydrogen (secondary N) is 1. The number of ether oxygens (including phenoxy) is 1. The van der Waals surface area contributed by atoms with Crippen LogP contribution in [-0.4, -0.2) is 35.3 Å². The number of nitrogen functional groups attached to an aromatic ring is 1. The number of hydrogen-bond acceptors (Lipinski definition) is 4. The summed E-state index contributed by atoms with van der Waals surface area (Å²) in [6.45, 7) is 2.39. The Balaban J connectivity index is 2.54. The SMILES string of the molecule is COc1ccc(C(=O)NCCC(C)S(C)=O)cc1N. The van der Waals surface area contributed by atoms with Gasteiger partial charge in [0.1, 0.15) is 5.75 Å². The van der Waals surface area contributed by atoms with E-state index in [1.165, 1.54) is 7.11 Å². The highest BCUT2D eigenvalue weighted by Crippen LogP contribution is 2.21. The summed E-state index contributed by atoms with van der Waals surface area (Å²) in [5.41, 5.74) is 6.66. The second kappa shape index (κ2) is 7.13. The smallest absolute Gasteiger partial charge is 0.251 e. The Labute approximate surface area is 116 Å². The molecule has 0 aliphatic heterocycles. The normalized spacial score (nSPS) is 13.6. The van der Waals surface area contributed by atoms with Crippen LogP contribution in [0.4, 0.5) is 5.69 Å². The lowest BCUT2D eigenvalue weighted by Gasteiger charge is -2.10. The molecule has 5 nitrogen and oxygen atoms in total. The summed E-state index contributed by atoms with van der Waals surface area (Å²) in [6.07, 6.45) is 2.34. The lowest BCUT2D eigenvalue weighted by atomic mass is 10.1. The van der Waals surface area contributed by atoms with Crippen LogP contribution < -0.4 is 15.8 Å². The molecule has 6 heteroatoms. The minimum atomic E-state index is -0.865. The molecule has 2 atom stereocenters. The first-order valence-electron chi connectivity index (χ1n) is 5.99. The van der Waals surface area contributed by atoms with Gasteiger partial charge in [-0.1, -0.05) is 6.92 Å². The third kappa shape index (κ3) is 4.55. The molecular weight excluding hydrogens is 264 g/mol. The van der Waals surface area contributed by atoms with Crippen LogP contribution in [-0.2, 0) is 10.8 Å². The van der Waals surface area contributed by atoms with Gasteiger partial charge < -0.3 is 15.8 Å². The van der Waals surface area contributed by atoms with Gasteiger partial charge in [0.25, 0.3) is 5.91 Å². The molecule has 0 radical (unpaired) electrons. The van der Waals surface area contributed by atoms with Gasteiger partial charge in [0.05, 0.1) is 12.8 Å². The van der Waals surface area contributed by atoms with Gasteiger partial charge in [-0.15, -0.1) is 0 Å². The number of rotatable bonds is 6. The maximum absolute atomic E-state index is 11.9. The van der Waals surface area contributed by atoms with Crippen molar-refractivity contribution in [3.8, 4) is 5.75 Å². The number of hydrogen-bond donors (Lipinski definition) is 2. The van der Waals surface area contributed by atoms with E-state index in [9.17, 15) is 9.00 Å². The highest BCUT2D eigenvalue weighted by molar-refractivity contribution is 7.84. The van der Waals surface area contributed by atoms with Crippen molar-refractivity contribution < 1.29 is 13.7 Å². The maximum Gasteiger partial charge on any atom is 0.251 e. The van der Waals surface area contributed by atoms with Crippen molar-refractivity contribution in [3.05, 3.63) is 23.8 Å². The largest absolute Gasteiger partial charge is 0.495 e. The number of methoxy groups -OCH3 is 1. The Hall–Kier alpha value is -1.56. The van der Waals surface area contributed by atoms with Crippen molar-refractivity contribution in [2.45, 2.75) is 18.6 Å². The molecule has 3 N–H and O–H groups in total. The fourth-order valence-electron chi connectivity index (χ4n) is 1.53. The number of benzene rings is 1. The molecule has 1 amide bonds. The molecule has 0 spiro atoms. The molecule has 19 heavy (non-hydrogen) atoms. The molecule has 2 unspecified atom stereocenters. The lowest BCUT2D eigenvalue weighted by molar-refractivity contribution is 0.0953. The number of amides is 1. The fraction of sp³-hybridized carbons (Fsp3) is 0.462. The summed E-state index contributed by atoms with van der Waals surface area (Å²) in [5.74, 6) is 0.356. The molecule has 0 aliphatic carbocycles. The zero-order valence-corrected chi connectivity index (χ0v) is 12.3. The average molecular weight is 284 g/mol. The monoisotopic (exact) mass is 284 g/mol. The second-order valence-corrected chi connectivity index (χ2v) is 6.11. The van der Waals surface area contributed by atoms with Crippen molar-refractivity contribution in [2.75, 3.05) is 25.6 Å². The van der Waals surface area contributed by atoms with E-state index in [-0.39, 0.29) is 11.2 Å². The molecule has 1 aromatic carbocycles. The van der Waals surface area contributed by atoms with Crippen molar-refractivity contribution in [1.82, 2.24) is 5.32 Å². The second-order valence-electron chi connectivity index (χ2n) is 4.31. The number of carbonyl (C=O) groups is 1. The van der Waals surface area contributed by atoms with Crippen molar-refractivity contribution in [2.24, 2.45) is 0 Å². The molecule has 1 aromatic rings. The van der Waals surface area contributed by atoms with E-state index in [0.717, 1.165) is 0 Å². The number of nitrogens with two attached hydrogens (primary N) is 1. The van der Waals surface area contributed by atoms with Gasteiger partial charge in [-0.25, -0.2) is 0 Å². The van der Waals surface area contributed by atoms with Gasteiger partial charge >= 0.3 is 0 Å². The quantitative estimate of drug-likeness (QED) is 0.768. The number of anilines is 1. The summed E-state index contributed by atoms with van der Waals surface area (Å²) >= 11 is 0. The molecule has 0 fully saturated rings. The lowest BCUT2D eigenvalue weighted by Crippen LogP contribution is -2.27. The maximum atomic E-state index is 11.9. The Morgan fingerprint density at radius 1 is 1.53 bits per heavy atom. The average Bonchev–Trinajstić information content (AvgIpc) is 2.38. The zero-order chi connectivity index (χ0) is 14.4. The summed E-state index contributed by atoms with van der Waals surface area (Å²) in [5, 5.41) is 2.85. The standard InChI is InChI=1S/C13H20N2O3S/c1-9(19(3)17)6-7-15-13(16)10-4-5-12(18-2)11(14)8-10/h4-5,8-9H,6-7,14H2,1-3H3,(H,15,16). The minimum absolute atomic E-state index is 0.0706. The van der Waals surface area contributed by atoms with E-state index in [0.29, 0.717) is 30.0 Å². The van der Waals surface area contributed by atoms with Gasteiger partial charge in [-0.3, -0.25) is 9.00 Å². The summed E-state index contributed by atoms with van der Waals surface area (Å²) in [6, 6.07) is 4.90. The third-order valence-corrected chi connectivity index (χ3v) is 4.26. The van der Waals surface area contributed by atoms with Crippen LogP contribution in [0, 0.1) is 0 Å². The Kier molecular flexibility index (Phi) is 5.82. The predicted octanol–water partition coefficient (Wildman–Crippen LogP) is 1.16. The van der Waals surface area contributed by atoms with Crippen LogP contribution in [0.1, 0.15) is 23.7 Å². The minimum Gasteiger partial charge on any atom is -0.495 e. The molecule has 0 bridgehead atoms. The van der Waals surface area contributed by atoms with E-state index in [2.05, 4.69) is 5.32 Å². The molecule has 0 heterocycles. The topological polar surface area (TPSA) is 81.4 Å². The van der Waals surface area contributed by atoms with Crippen LogP contribution >= 0.6 is 0 Å². The van der Waals surface area contributed by atoms with E-state index in [4.69, 9.17) is 10.5 Å². The van der Waals surface area contributed by atoms with E-state index >= 15 is 0 Å². The summed E-state index contributed by atoms with van der Waals surface area (Å²) in [4.78, 5) is 11.9. The highest BCUT2D eigenvalue weighted by Gasteiger charge is 2.10. The molecule has 0 saturated carbocycles. The first-order chi connectivity index (χ1) is 8.95. The molecular formula is C13H20N2O3S. The van der Waals surface area contributed by atoms with Crippen molar-refractivity contribution in [3.63, 3.8) is 0 Å². The number of carbonyl (C=O) groups excluding carboxylic acids is 1. The van der Waals surface area contributed by atoms with Crippen LogP contribution in [0.2, 0.25) is 0 Å². The fourth-order valence-corrected chi connectivity index (χ4v) is 1.98. The van der Waals surface area contributed by atoms with Gasteiger partial charge in [0.15, 0.2) is 0 Å². The Morgan fingerprint density at radius 3 is 2.74 bits per heavy atom. The van der Waals surface area contributed by atoms with E-state index < -0.39 is 10.8 Å². The molecule has 106 valence electrons. The summed E-state index contributed by atoms with van der Waals surface area (Å²) < 4.78 is 16.2. The van der Waals surface area contributed by atoms with Crippen LogP contribution in [0.15, 0.2) is 18.2 Å². The van der Waals surface area contributed by atoms with Crippen LogP contribution in [0.5, 0.6) is 5.75 Å². The Morgan fingerprint density at radius 2 is 2.21 bits per heavy atom. The van der Waals surface area contributed by atoms with Crippen LogP contribution in [0.25, 0.3) is 0 Å². The summed E-state index contributed by atoms with van der Waals surface area (Å²) in [7, 11) is 0.660. The van der Waals surface area contributed by atoms with Gasteiger partial charge in [0.2, 0.25) is 0 Å². The van der Waals surface area contributed by atoms with Gasteiger partial charge in [0, 0.05) is 34.4 Å². The zero-order valence-electron chi connectivity index (χ0n) is 11.4. The first-order valence-corrected chi connectivity index (χ1v) is 7.61. The Bertz CT molecular complexity index is 477. The van der Waals surface area contributed by atoms with Crippen molar-refractivity contribution in [1.29, 1.82) is 0 Å². The van der Waals surface area contributed by atoms with Gasteiger partial charge in [-0.2, -0.15) is 0 Å². The third-order valence-electron chi connectivity index (χ3n) is 2.89. The molecule has 0 aromatic heterocycles. The van der Waals surface area contributed by atoms with Crippen LogP contribution in [0.3, 0.4) is 0 Å². The molecule has 0 aliphatic rings.